The van der Waals surface area contributed by atoms with Gasteiger partial charge in [0.15, 0.2) is 0 Å². The summed E-state index contributed by atoms with van der Waals surface area (Å²) < 4.78 is 19.7. The second kappa shape index (κ2) is 15.7. The molecule has 240 valence electrons. The fourth-order valence-electron chi connectivity index (χ4n) is 10.2. The molecule has 0 N–H and O–H groups in total. The van der Waals surface area contributed by atoms with Crippen LogP contribution in [0.5, 0.6) is 0 Å². The number of hydrogen-bond acceptors (Lipinski definition) is 6. The van der Waals surface area contributed by atoms with Gasteiger partial charge in [0.05, 0.1) is 38.1 Å². The fraction of sp³-hybridized carbons (Fsp3) is 1.00. The standard InChI is InChI=1S/C31H53N9O3/c1-5-6-7-21(2)24-8-9-25-29-26(20-28(31(24,25)4)43-17-14-37-40-34)30(3)11-10-23(41-15-12-35-38-32)18-22(30)19-27(29)42-16-13-36-39-33/h21-29H,5-20H2,1-4H3. The van der Waals surface area contributed by atoms with Crippen LogP contribution in [0.3, 0.4) is 0 Å². The average Bonchev–Trinajstić information content (AvgIpc) is 3.37. The monoisotopic (exact) mass is 599 g/mol. The number of rotatable bonds is 16. The molecule has 0 aromatic rings. The molecule has 11 atom stereocenters. The first-order valence-corrected chi connectivity index (χ1v) is 16.7. The van der Waals surface area contributed by atoms with E-state index < -0.39 is 0 Å². The highest BCUT2D eigenvalue weighted by atomic mass is 16.5. The van der Waals surface area contributed by atoms with Gasteiger partial charge in [0, 0.05) is 39.8 Å². The Labute approximate surface area is 256 Å². The van der Waals surface area contributed by atoms with Crippen molar-refractivity contribution in [1.29, 1.82) is 0 Å². The van der Waals surface area contributed by atoms with Crippen molar-refractivity contribution in [1.82, 2.24) is 0 Å². The third-order valence-electron chi connectivity index (χ3n) is 12.2. The Bertz CT molecular complexity index is 1060. The van der Waals surface area contributed by atoms with E-state index in [-0.39, 0.29) is 29.1 Å². The molecule has 4 aliphatic carbocycles. The van der Waals surface area contributed by atoms with E-state index >= 15 is 0 Å². The highest BCUT2D eigenvalue weighted by Crippen LogP contribution is 2.69. The van der Waals surface area contributed by atoms with E-state index in [9.17, 15) is 0 Å². The van der Waals surface area contributed by atoms with Gasteiger partial charge in [0.2, 0.25) is 0 Å². The lowest BCUT2D eigenvalue weighted by molar-refractivity contribution is -0.226. The van der Waals surface area contributed by atoms with Gasteiger partial charge in [-0.3, -0.25) is 0 Å². The molecule has 11 unspecified atom stereocenters. The molecule has 4 aliphatic rings. The summed E-state index contributed by atoms with van der Waals surface area (Å²) in [6, 6.07) is 0. The van der Waals surface area contributed by atoms with Crippen LogP contribution < -0.4 is 0 Å². The van der Waals surface area contributed by atoms with Crippen molar-refractivity contribution in [2.75, 3.05) is 39.5 Å². The topological polar surface area (TPSA) is 174 Å². The minimum atomic E-state index is 0.0296. The predicted molar refractivity (Wildman–Crippen MR) is 166 cm³/mol. The Morgan fingerprint density at radius 1 is 0.814 bits per heavy atom. The van der Waals surface area contributed by atoms with Crippen molar-refractivity contribution in [3.8, 4) is 0 Å². The van der Waals surface area contributed by atoms with Gasteiger partial charge >= 0.3 is 0 Å². The molecular weight excluding hydrogens is 546 g/mol. The number of hydrogen-bond donors (Lipinski definition) is 0. The second-order valence-corrected chi connectivity index (χ2v) is 14.0. The summed E-state index contributed by atoms with van der Waals surface area (Å²) >= 11 is 0. The number of fused-ring (bicyclic) bond motifs is 5. The van der Waals surface area contributed by atoms with E-state index in [1.165, 1.54) is 32.1 Å². The molecule has 0 spiro atoms. The summed E-state index contributed by atoms with van der Waals surface area (Å²) in [7, 11) is 0. The molecule has 0 heterocycles. The molecular formula is C31H53N9O3. The van der Waals surface area contributed by atoms with Crippen LogP contribution in [0.1, 0.15) is 91.9 Å². The minimum Gasteiger partial charge on any atom is -0.378 e. The summed E-state index contributed by atoms with van der Waals surface area (Å²) in [6.07, 6.45) is 11.6. The van der Waals surface area contributed by atoms with Gasteiger partial charge in [-0.15, -0.1) is 0 Å². The number of azide groups is 3. The summed E-state index contributed by atoms with van der Waals surface area (Å²) in [6.45, 7) is 12.2. The maximum Gasteiger partial charge on any atom is 0.0637 e. The number of nitrogens with zero attached hydrogens (tertiary/aromatic N) is 9. The van der Waals surface area contributed by atoms with E-state index in [0.29, 0.717) is 75.0 Å². The van der Waals surface area contributed by atoms with Crippen molar-refractivity contribution in [3.63, 3.8) is 0 Å². The summed E-state index contributed by atoms with van der Waals surface area (Å²) in [5.74, 6) is 3.04. The lowest BCUT2D eigenvalue weighted by Gasteiger charge is -2.64. The first-order valence-electron chi connectivity index (χ1n) is 16.7. The number of unbranched alkanes of at least 4 members (excludes halogenated alkanes) is 1. The Kier molecular flexibility index (Phi) is 12.3. The van der Waals surface area contributed by atoms with Crippen LogP contribution in [0.4, 0.5) is 0 Å². The number of ether oxygens (including phenoxy) is 3. The molecule has 12 heteroatoms. The molecule has 0 aliphatic heterocycles. The van der Waals surface area contributed by atoms with Crippen LogP contribution in [-0.2, 0) is 14.2 Å². The Balaban J connectivity index is 1.65. The van der Waals surface area contributed by atoms with Crippen LogP contribution in [0.2, 0.25) is 0 Å². The van der Waals surface area contributed by atoms with Crippen molar-refractivity contribution in [2.24, 2.45) is 61.7 Å². The largest absolute Gasteiger partial charge is 0.378 e. The zero-order valence-corrected chi connectivity index (χ0v) is 26.8. The van der Waals surface area contributed by atoms with E-state index in [2.05, 4.69) is 57.8 Å². The summed E-state index contributed by atoms with van der Waals surface area (Å²) in [5.41, 5.74) is 26.6. The molecule has 4 saturated carbocycles. The molecule has 12 nitrogen and oxygen atoms in total. The molecule has 0 saturated heterocycles. The van der Waals surface area contributed by atoms with Crippen molar-refractivity contribution >= 4 is 0 Å². The maximum atomic E-state index is 8.89. The first-order chi connectivity index (χ1) is 20.8. The van der Waals surface area contributed by atoms with Crippen LogP contribution >= 0.6 is 0 Å². The van der Waals surface area contributed by atoms with Crippen molar-refractivity contribution < 1.29 is 14.2 Å². The second-order valence-electron chi connectivity index (χ2n) is 14.0. The van der Waals surface area contributed by atoms with Crippen molar-refractivity contribution in [3.05, 3.63) is 31.3 Å². The van der Waals surface area contributed by atoms with E-state index in [1.54, 1.807) is 0 Å². The van der Waals surface area contributed by atoms with E-state index in [4.69, 9.17) is 30.8 Å². The first kappa shape index (κ1) is 33.7. The minimum absolute atomic E-state index is 0.0296. The van der Waals surface area contributed by atoms with Gasteiger partial charge in [-0.1, -0.05) is 62.3 Å². The quantitative estimate of drug-likeness (QED) is 0.0747. The third kappa shape index (κ3) is 7.22. The van der Waals surface area contributed by atoms with Crippen LogP contribution in [0.25, 0.3) is 31.3 Å². The molecule has 43 heavy (non-hydrogen) atoms. The van der Waals surface area contributed by atoms with Crippen LogP contribution in [0.15, 0.2) is 15.3 Å². The van der Waals surface area contributed by atoms with Crippen molar-refractivity contribution in [2.45, 2.75) is 110 Å². The lowest BCUT2D eigenvalue weighted by atomic mass is 9.43. The maximum absolute atomic E-state index is 8.89. The normalized spacial score (nSPS) is 38.8. The van der Waals surface area contributed by atoms with Gasteiger partial charge in [-0.25, -0.2) is 0 Å². The smallest absolute Gasteiger partial charge is 0.0637 e. The van der Waals surface area contributed by atoms with E-state index in [1.807, 2.05) is 0 Å². The molecule has 0 aromatic carbocycles. The average molecular weight is 600 g/mol. The van der Waals surface area contributed by atoms with E-state index in [0.717, 1.165) is 32.1 Å². The predicted octanol–water partition coefficient (Wildman–Crippen LogP) is 8.78. The zero-order chi connectivity index (χ0) is 30.9. The van der Waals surface area contributed by atoms with Gasteiger partial charge in [-0.05, 0) is 102 Å². The third-order valence-corrected chi connectivity index (χ3v) is 12.2. The highest BCUT2D eigenvalue weighted by Gasteiger charge is 2.66. The van der Waals surface area contributed by atoms with Crippen LogP contribution in [0, 0.1) is 46.3 Å². The van der Waals surface area contributed by atoms with Gasteiger partial charge in [-0.2, -0.15) is 0 Å². The zero-order valence-electron chi connectivity index (χ0n) is 26.8. The Hall–Kier alpha value is -2.19. The molecule has 4 fully saturated rings. The molecule has 0 radical (unpaired) electrons. The Morgan fingerprint density at radius 2 is 1.47 bits per heavy atom. The highest BCUT2D eigenvalue weighted by molar-refractivity contribution is 5.15. The molecule has 0 bridgehead atoms. The summed E-state index contributed by atoms with van der Waals surface area (Å²) in [5, 5.41) is 11.2. The van der Waals surface area contributed by atoms with Gasteiger partial charge in [0.25, 0.3) is 0 Å². The molecule has 0 aromatic heterocycles. The SMILES string of the molecule is CCCCC(C)C1CCC2C3C(OCCN=[N+]=[N-])CC4CC(OCCN=[N+]=[N-])CCC4(C)C3CC(OCCN=[N+]=[N-])C12C. The Morgan fingerprint density at radius 3 is 2.12 bits per heavy atom. The fourth-order valence-corrected chi connectivity index (χ4v) is 10.2. The molecule has 0 amide bonds. The van der Waals surface area contributed by atoms with Gasteiger partial charge < -0.3 is 14.2 Å². The summed E-state index contributed by atoms with van der Waals surface area (Å²) in [4.78, 5) is 8.77. The lowest BCUT2D eigenvalue weighted by Crippen LogP contribution is -2.63. The van der Waals surface area contributed by atoms with Crippen LogP contribution in [-0.4, -0.2) is 57.8 Å². The molecule has 4 rings (SSSR count). The van der Waals surface area contributed by atoms with Gasteiger partial charge in [0.1, 0.15) is 0 Å².